The molecule has 0 aliphatic heterocycles. The molecule has 2 heterocycles. The Morgan fingerprint density at radius 1 is 1.06 bits per heavy atom. The van der Waals surface area contributed by atoms with Crippen LogP contribution in [0, 0.1) is 0 Å². The maximum absolute atomic E-state index is 12.3. The summed E-state index contributed by atoms with van der Waals surface area (Å²) in [4.78, 5) is 29.5. The number of benzene rings is 1. The molecule has 2 amide bonds. The molecule has 8 heteroatoms. The summed E-state index contributed by atoms with van der Waals surface area (Å²) in [5.41, 5.74) is 3.45. The molecule has 0 unspecified atom stereocenters. The van der Waals surface area contributed by atoms with E-state index in [1.807, 2.05) is 44.4 Å². The van der Waals surface area contributed by atoms with Gasteiger partial charge in [-0.25, -0.2) is 14.8 Å². The zero-order chi connectivity index (χ0) is 21.8. The zero-order valence-electron chi connectivity index (χ0n) is 18.2. The van der Waals surface area contributed by atoms with E-state index in [0.29, 0.717) is 24.3 Å². The van der Waals surface area contributed by atoms with Crippen LogP contribution >= 0.6 is 0 Å². The lowest BCUT2D eigenvalue weighted by atomic mass is 10.1. The minimum atomic E-state index is -0.155. The molecule has 1 aromatic carbocycles. The molecule has 1 N–H and O–H groups in total. The fourth-order valence-electron chi connectivity index (χ4n) is 3.14. The minimum Gasteiger partial charge on any atom is -0.478 e. The van der Waals surface area contributed by atoms with E-state index in [0.717, 1.165) is 48.0 Å². The van der Waals surface area contributed by atoms with Gasteiger partial charge >= 0.3 is 6.03 Å². The highest BCUT2D eigenvalue weighted by atomic mass is 16.5. The van der Waals surface area contributed by atoms with Gasteiger partial charge in [-0.2, -0.15) is 0 Å². The molecule has 1 aliphatic rings. The van der Waals surface area contributed by atoms with Crippen LogP contribution in [0.2, 0.25) is 0 Å². The van der Waals surface area contributed by atoms with Gasteiger partial charge in [-0.05, 0) is 57.1 Å². The SMILES string of the molecule is CN(C)CCCOc1ccc(-c2ccc3ncc(N(C)C(=O)NC4CC4)nc3c2)cn1. The Hall–Kier alpha value is -3.26. The van der Waals surface area contributed by atoms with Crippen molar-refractivity contribution in [3.63, 3.8) is 0 Å². The van der Waals surface area contributed by atoms with Crippen LogP contribution in [0.1, 0.15) is 19.3 Å². The largest absolute Gasteiger partial charge is 0.478 e. The van der Waals surface area contributed by atoms with E-state index in [1.165, 1.54) is 4.90 Å². The highest BCUT2D eigenvalue weighted by Crippen LogP contribution is 2.25. The third-order valence-electron chi connectivity index (χ3n) is 5.15. The van der Waals surface area contributed by atoms with E-state index in [4.69, 9.17) is 4.74 Å². The lowest BCUT2D eigenvalue weighted by Crippen LogP contribution is -2.38. The highest BCUT2D eigenvalue weighted by molar-refractivity contribution is 5.92. The summed E-state index contributed by atoms with van der Waals surface area (Å²) in [6, 6.07) is 9.90. The van der Waals surface area contributed by atoms with Gasteiger partial charge in [-0.1, -0.05) is 6.07 Å². The number of anilines is 1. The summed E-state index contributed by atoms with van der Waals surface area (Å²) in [5.74, 6) is 1.14. The van der Waals surface area contributed by atoms with Gasteiger partial charge in [-0.15, -0.1) is 0 Å². The van der Waals surface area contributed by atoms with Gasteiger partial charge < -0.3 is 15.0 Å². The second-order valence-corrected chi connectivity index (χ2v) is 8.10. The van der Waals surface area contributed by atoms with Crippen molar-refractivity contribution >= 4 is 22.9 Å². The van der Waals surface area contributed by atoms with Crippen molar-refractivity contribution in [1.29, 1.82) is 0 Å². The highest BCUT2D eigenvalue weighted by Gasteiger charge is 2.25. The summed E-state index contributed by atoms with van der Waals surface area (Å²) in [5, 5.41) is 2.96. The summed E-state index contributed by atoms with van der Waals surface area (Å²) in [7, 11) is 5.80. The second-order valence-electron chi connectivity index (χ2n) is 8.10. The maximum Gasteiger partial charge on any atom is 0.323 e. The zero-order valence-corrected chi connectivity index (χ0v) is 18.2. The van der Waals surface area contributed by atoms with Crippen molar-refractivity contribution in [1.82, 2.24) is 25.2 Å². The number of nitrogens with zero attached hydrogens (tertiary/aromatic N) is 5. The van der Waals surface area contributed by atoms with E-state index < -0.39 is 0 Å². The van der Waals surface area contributed by atoms with Crippen LogP contribution in [0.15, 0.2) is 42.7 Å². The number of amides is 2. The van der Waals surface area contributed by atoms with Crippen LogP contribution < -0.4 is 15.0 Å². The Morgan fingerprint density at radius 3 is 2.58 bits per heavy atom. The molecule has 0 bridgehead atoms. The molecular weight excluding hydrogens is 392 g/mol. The number of pyridine rings is 1. The summed E-state index contributed by atoms with van der Waals surface area (Å²) in [6.45, 7) is 1.62. The van der Waals surface area contributed by atoms with Gasteiger partial charge in [0.1, 0.15) is 0 Å². The fourth-order valence-corrected chi connectivity index (χ4v) is 3.14. The molecule has 8 nitrogen and oxygen atoms in total. The van der Waals surface area contributed by atoms with Gasteiger partial charge in [0, 0.05) is 37.5 Å². The number of hydrogen-bond donors (Lipinski definition) is 1. The van der Waals surface area contributed by atoms with E-state index in [1.54, 1.807) is 19.4 Å². The third kappa shape index (κ3) is 5.46. The number of carbonyl (C=O) groups excluding carboxylic acids is 1. The Morgan fingerprint density at radius 2 is 1.87 bits per heavy atom. The monoisotopic (exact) mass is 420 g/mol. The number of carbonyl (C=O) groups is 1. The Labute approximate surface area is 182 Å². The molecule has 2 aromatic heterocycles. The molecule has 31 heavy (non-hydrogen) atoms. The molecule has 4 rings (SSSR count). The van der Waals surface area contributed by atoms with E-state index in [9.17, 15) is 4.79 Å². The van der Waals surface area contributed by atoms with Crippen LogP contribution in [-0.2, 0) is 0 Å². The second kappa shape index (κ2) is 9.26. The van der Waals surface area contributed by atoms with Crippen LogP contribution in [0.25, 0.3) is 22.2 Å². The fraction of sp³-hybridized carbons (Fsp3) is 0.391. The number of fused-ring (bicyclic) bond motifs is 1. The van der Waals surface area contributed by atoms with Crippen molar-refractivity contribution < 1.29 is 9.53 Å². The van der Waals surface area contributed by atoms with E-state index in [-0.39, 0.29) is 6.03 Å². The van der Waals surface area contributed by atoms with Crippen molar-refractivity contribution in [3.05, 3.63) is 42.7 Å². The van der Waals surface area contributed by atoms with Gasteiger partial charge in [-0.3, -0.25) is 9.88 Å². The van der Waals surface area contributed by atoms with Gasteiger partial charge in [0.2, 0.25) is 5.88 Å². The van der Waals surface area contributed by atoms with Crippen molar-refractivity contribution in [2.45, 2.75) is 25.3 Å². The molecule has 162 valence electrons. The quantitative estimate of drug-likeness (QED) is 0.563. The van der Waals surface area contributed by atoms with Gasteiger partial charge in [0.15, 0.2) is 5.82 Å². The van der Waals surface area contributed by atoms with Crippen molar-refractivity contribution in [3.8, 4) is 17.0 Å². The Balaban J connectivity index is 1.46. The molecule has 0 atom stereocenters. The summed E-state index contributed by atoms with van der Waals surface area (Å²) < 4.78 is 5.71. The number of ether oxygens (including phenoxy) is 1. The first-order valence-electron chi connectivity index (χ1n) is 10.5. The first kappa shape index (κ1) is 21.0. The lowest BCUT2D eigenvalue weighted by Gasteiger charge is -2.17. The molecular formula is C23H28N6O2. The molecule has 1 fully saturated rings. The van der Waals surface area contributed by atoms with Gasteiger partial charge in [0.25, 0.3) is 0 Å². The normalized spacial score (nSPS) is 13.4. The molecule has 0 radical (unpaired) electrons. The topological polar surface area (TPSA) is 83.5 Å². The van der Waals surface area contributed by atoms with E-state index in [2.05, 4.69) is 25.2 Å². The number of rotatable bonds is 8. The minimum absolute atomic E-state index is 0.155. The van der Waals surface area contributed by atoms with Gasteiger partial charge in [0.05, 0.1) is 23.8 Å². The third-order valence-corrected chi connectivity index (χ3v) is 5.15. The van der Waals surface area contributed by atoms with Crippen molar-refractivity contribution in [2.24, 2.45) is 0 Å². The van der Waals surface area contributed by atoms with E-state index >= 15 is 0 Å². The predicted octanol–water partition coefficient (Wildman–Crippen LogP) is 3.33. The number of hydrogen-bond acceptors (Lipinski definition) is 6. The number of urea groups is 1. The lowest BCUT2D eigenvalue weighted by molar-refractivity contribution is 0.247. The molecule has 1 saturated carbocycles. The smallest absolute Gasteiger partial charge is 0.323 e. The van der Waals surface area contributed by atoms with Crippen molar-refractivity contribution in [2.75, 3.05) is 39.2 Å². The molecule has 1 aliphatic carbocycles. The molecule has 0 spiro atoms. The van der Waals surface area contributed by atoms with Crippen LogP contribution in [0.4, 0.5) is 10.6 Å². The van der Waals surface area contributed by atoms with Crippen LogP contribution in [0.5, 0.6) is 5.88 Å². The first-order valence-corrected chi connectivity index (χ1v) is 10.5. The Bertz CT molecular complexity index is 1050. The number of nitrogens with one attached hydrogen (secondary N) is 1. The standard InChI is InChI=1S/C23H28N6O2/c1-28(2)11-4-12-31-22-10-6-17(14-25-22)16-5-9-19-20(13-16)27-21(15-24-19)29(3)23(30)26-18-7-8-18/h5-6,9-10,13-15,18H,4,7-8,11-12H2,1-3H3,(H,26,30). The average molecular weight is 421 g/mol. The van der Waals surface area contributed by atoms with Crippen LogP contribution in [0.3, 0.4) is 0 Å². The predicted molar refractivity (Wildman–Crippen MR) is 121 cm³/mol. The molecule has 3 aromatic rings. The van der Waals surface area contributed by atoms with Crippen LogP contribution in [-0.4, -0.2) is 66.2 Å². The summed E-state index contributed by atoms with van der Waals surface area (Å²) >= 11 is 0. The molecule has 0 saturated heterocycles. The summed E-state index contributed by atoms with van der Waals surface area (Å²) in [6.07, 6.45) is 6.46. The maximum atomic E-state index is 12.3. The Kier molecular flexibility index (Phi) is 6.27. The average Bonchev–Trinajstić information content (AvgIpc) is 3.59. The number of aromatic nitrogens is 3. The first-order chi connectivity index (χ1) is 15.0.